The van der Waals surface area contributed by atoms with E-state index in [9.17, 15) is 24.0 Å². The van der Waals surface area contributed by atoms with Crippen LogP contribution in [-0.4, -0.2) is 63.2 Å². The lowest BCUT2D eigenvalue weighted by Crippen LogP contribution is -2.54. The first-order valence-electron chi connectivity index (χ1n) is 7.48. The molecule has 0 heterocycles. The Bertz CT molecular complexity index is 534. The molecule has 0 spiro atoms. The van der Waals surface area contributed by atoms with E-state index >= 15 is 0 Å². The Morgan fingerprint density at radius 3 is 1.92 bits per heavy atom. The van der Waals surface area contributed by atoms with E-state index in [1.807, 2.05) is 0 Å². The zero-order chi connectivity index (χ0) is 19.7. The third kappa shape index (κ3) is 8.65. The van der Waals surface area contributed by atoms with Gasteiger partial charge in [-0.25, -0.2) is 4.79 Å². The lowest BCUT2D eigenvalue weighted by atomic mass is 10.0. The van der Waals surface area contributed by atoms with Gasteiger partial charge in [-0.2, -0.15) is 0 Å². The summed E-state index contributed by atoms with van der Waals surface area (Å²) >= 11 is 0. The van der Waals surface area contributed by atoms with Gasteiger partial charge in [0.1, 0.15) is 18.1 Å². The fourth-order valence-electron chi connectivity index (χ4n) is 1.83. The highest BCUT2D eigenvalue weighted by Crippen LogP contribution is 2.05. The average Bonchev–Trinajstić information content (AvgIpc) is 2.48. The Hall–Kier alpha value is -2.69. The van der Waals surface area contributed by atoms with Crippen LogP contribution in [0.15, 0.2) is 0 Å². The van der Waals surface area contributed by atoms with Gasteiger partial charge >= 0.3 is 17.9 Å². The van der Waals surface area contributed by atoms with E-state index in [-0.39, 0.29) is 12.8 Å². The molecular formula is C14H23N3O8. The van der Waals surface area contributed by atoms with Gasteiger partial charge in [0.25, 0.3) is 0 Å². The number of nitrogens with one attached hydrogen (secondary N) is 2. The summed E-state index contributed by atoms with van der Waals surface area (Å²) in [5.74, 6) is -6.08. The Labute approximate surface area is 143 Å². The van der Waals surface area contributed by atoms with E-state index in [2.05, 4.69) is 10.6 Å². The van der Waals surface area contributed by atoms with Gasteiger partial charge in [-0.3, -0.25) is 19.2 Å². The molecule has 0 rings (SSSR count). The summed E-state index contributed by atoms with van der Waals surface area (Å²) in [6.45, 7) is 3.20. The molecule has 0 aliphatic heterocycles. The molecule has 0 aromatic rings. The largest absolute Gasteiger partial charge is 0.481 e. The highest BCUT2D eigenvalue weighted by Gasteiger charge is 2.30. The standard InChI is InChI=1S/C14H23N3O8/c1-6(2)11(17-9(18)4-3-7(15)13(22)23)12(21)16-8(14(24)25)5-10(19)20/h6-8,11H,3-5,15H2,1-2H3,(H,16,21)(H,17,18)(H,19,20)(H,22,23)(H,24,25)/t7-,8-,11-/m0/s1. The van der Waals surface area contributed by atoms with Crippen molar-refractivity contribution in [3.63, 3.8) is 0 Å². The zero-order valence-electron chi connectivity index (χ0n) is 13.9. The number of rotatable bonds is 11. The number of nitrogens with two attached hydrogens (primary N) is 1. The first kappa shape index (κ1) is 22.3. The van der Waals surface area contributed by atoms with Crippen molar-refractivity contribution in [1.29, 1.82) is 0 Å². The Morgan fingerprint density at radius 1 is 0.960 bits per heavy atom. The predicted octanol–water partition coefficient (Wildman–Crippen LogP) is -1.64. The Balaban J connectivity index is 4.83. The summed E-state index contributed by atoms with van der Waals surface area (Å²) in [4.78, 5) is 56.2. The summed E-state index contributed by atoms with van der Waals surface area (Å²) < 4.78 is 0. The monoisotopic (exact) mass is 361 g/mol. The zero-order valence-corrected chi connectivity index (χ0v) is 13.9. The molecule has 0 aromatic carbocycles. The molecule has 25 heavy (non-hydrogen) atoms. The van der Waals surface area contributed by atoms with Gasteiger partial charge in [-0.05, 0) is 12.3 Å². The highest BCUT2D eigenvalue weighted by molar-refractivity contribution is 5.92. The summed E-state index contributed by atoms with van der Waals surface area (Å²) in [5, 5.41) is 30.7. The van der Waals surface area contributed by atoms with Gasteiger partial charge in [0.15, 0.2) is 0 Å². The third-order valence-corrected chi connectivity index (χ3v) is 3.26. The molecule has 0 aliphatic rings. The first-order valence-corrected chi connectivity index (χ1v) is 7.48. The van der Waals surface area contributed by atoms with Crippen LogP contribution in [0.1, 0.15) is 33.1 Å². The van der Waals surface area contributed by atoms with Crippen molar-refractivity contribution in [3.8, 4) is 0 Å². The Kier molecular flexibility index (Phi) is 9.13. The fourth-order valence-corrected chi connectivity index (χ4v) is 1.83. The lowest BCUT2D eigenvalue weighted by molar-refractivity contribution is -0.147. The molecule has 2 amide bonds. The summed E-state index contributed by atoms with van der Waals surface area (Å²) in [6, 6.07) is -3.96. The molecule has 11 nitrogen and oxygen atoms in total. The van der Waals surface area contributed by atoms with Gasteiger partial charge in [0, 0.05) is 6.42 Å². The molecule has 0 radical (unpaired) electrons. The van der Waals surface area contributed by atoms with Crippen molar-refractivity contribution in [2.75, 3.05) is 0 Å². The second kappa shape index (κ2) is 10.2. The van der Waals surface area contributed by atoms with Gasteiger partial charge in [0.05, 0.1) is 6.42 Å². The maximum absolute atomic E-state index is 12.2. The van der Waals surface area contributed by atoms with Gasteiger partial charge in [-0.15, -0.1) is 0 Å². The summed E-state index contributed by atoms with van der Waals surface area (Å²) in [5.41, 5.74) is 5.28. The molecule has 0 aromatic heterocycles. The quantitative estimate of drug-likeness (QED) is 0.250. The SMILES string of the molecule is CC(C)[C@H](NC(=O)CC[C@H](N)C(=O)O)C(=O)N[C@@H](CC(=O)O)C(=O)O. The van der Waals surface area contributed by atoms with Crippen molar-refractivity contribution in [2.45, 2.75) is 51.2 Å². The summed E-state index contributed by atoms with van der Waals surface area (Å²) in [7, 11) is 0. The molecule has 0 aliphatic carbocycles. The van der Waals surface area contributed by atoms with Crippen LogP contribution in [0.4, 0.5) is 0 Å². The second-order valence-corrected chi connectivity index (χ2v) is 5.77. The minimum absolute atomic E-state index is 0.135. The van der Waals surface area contributed by atoms with Crippen molar-refractivity contribution in [2.24, 2.45) is 11.7 Å². The van der Waals surface area contributed by atoms with E-state index in [4.69, 9.17) is 21.1 Å². The van der Waals surface area contributed by atoms with Crippen LogP contribution in [0.3, 0.4) is 0 Å². The molecule has 0 unspecified atom stereocenters. The predicted molar refractivity (Wildman–Crippen MR) is 83.4 cm³/mol. The molecule has 142 valence electrons. The number of carboxylic acids is 3. The molecule has 7 N–H and O–H groups in total. The normalized spacial score (nSPS) is 14.2. The number of amides is 2. The molecule has 0 saturated heterocycles. The number of aliphatic carboxylic acids is 3. The van der Waals surface area contributed by atoms with Crippen LogP contribution >= 0.6 is 0 Å². The van der Waals surface area contributed by atoms with Crippen molar-refractivity contribution in [3.05, 3.63) is 0 Å². The van der Waals surface area contributed by atoms with Crippen molar-refractivity contribution < 1.29 is 39.3 Å². The van der Waals surface area contributed by atoms with Crippen LogP contribution in [-0.2, 0) is 24.0 Å². The number of carbonyl (C=O) groups is 5. The summed E-state index contributed by atoms with van der Waals surface area (Å²) in [6.07, 6.45) is -1.18. The van der Waals surface area contributed by atoms with Crippen LogP contribution in [0.25, 0.3) is 0 Å². The topological polar surface area (TPSA) is 196 Å². The van der Waals surface area contributed by atoms with Gasteiger partial charge < -0.3 is 31.7 Å². The van der Waals surface area contributed by atoms with E-state index < -0.39 is 60.2 Å². The Morgan fingerprint density at radius 2 is 1.52 bits per heavy atom. The molecule has 0 bridgehead atoms. The molecule has 0 fully saturated rings. The second-order valence-electron chi connectivity index (χ2n) is 5.77. The van der Waals surface area contributed by atoms with E-state index in [0.717, 1.165) is 0 Å². The maximum atomic E-state index is 12.2. The van der Waals surface area contributed by atoms with Crippen LogP contribution < -0.4 is 16.4 Å². The van der Waals surface area contributed by atoms with Gasteiger partial charge in [-0.1, -0.05) is 13.8 Å². The number of carbonyl (C=O) groups excluding carboxylic acids is 2. The highest BCUT2D eigenvalue weighted by atomic mass is 16.4. The minimum Gasteiger partial charge on any atom is -0.481 e. The molecule has 0 saturated carbocycles. The van der Waals surface area contributed by atoms with Gasteiger partial charge in [0.2, 0.25) is 11.8 Å². The third-order valence-electron chi connectivity index (χ3n) is 3.26. The number of hydrogen-bond acceptors (Lipinski definition) is 6. The minimum atomic E-state index is -1.64. The molecule has 11 heteroatoms. The van der Waals surface area contributed by atoms with Crippen LogP contribution in [0, 0.1) is 5.92 Å². The van der Waals surface area contributed by atoms with E-state index in [1.165, 1.54) is 0 Å². The van der Waals surface area contributed by atoms with Crippen LogP contribution in [0.5, 0.6) is 0 Å². The van der Waals surface area contributed by atoms with Crippen molar-refractivity contribution in [1.82, 2.24) is 10.6 Å². The van der Waals surface area contributed by atoms with E-state index in [0.29, 0.717) is 0 Å². The molecular weight excluding hydrogens is 338 g/mol. The number of carboxylic acid groups (broad SMARTS) is 3. The lowest BCUT2D eigenvalue weighted by Gasteiger charge is -2.23. The fraction of sp³-hybridized carbons (Fsp3) is 0.643. The maximum Gasteiger partial charge on any atom is 0.326 e. The van der Waals surface area contributed by atoms with E-state index in [1.54, 1.807) is 13.8 Å². The molecule has 3 atom stereocenters. The van der Waals surface area contributed by atoms with Crippen molar-refractivity contribution >= 4 is 29.7 Å². The van der Waals surface area contributed by atoms with Crippen LogP contribution in [0.2, 0.25) is 0 Å². The first-order chi connectivity index (χ1) is 11.5. The number of hydrogen-bond donors (Lipinski definition) is 6. The average molecular weight is 361 g/mol. The smallest absolute Gasteiger partial charge is 0.326 e.